The van der Waals surface area contributed by atoms with Crippen LogP contribution < -0.4 is 11.1 Å². The zero-order valence-corrected chi connectivity index (χ0v) is 9.89. The van der Waals surface area contributed by atoms with E-state index in [2.05, 4.69) is 5.32 Å². The summed E-state index contributed by atoms with van der Waals surface area (Å²) in [5.74, 6) is -1.71. The van der Waals surface area contributed by atoms with Crippen LogP contribution in [0.2, 0.25) is 0 Å². The van der Waals surface area contributed by atoms with Gasteiger partial charge in [0.25, 0.3) is 0 Å². The number of hydrogen-bond acceptors (Lipinski definition) is 5. The molecule has 2 atom stereocenters. The molecule has 0 aromatic carbocycles. The number of carboxylic acids is 1. The summed E-state index contributed by atoms with van der Waals surface area (Å²) in [7, 11) is 1.55. The summed E-state index contributed by atoms with van der Waals surface area (Å²) in [5, 5.41) is 19.7. The van der Waals surface area contributed by atoms with Crippen LogP contribution in [0.15, 0.2) is 0 Å². The molecule has 0 aliphatic heterocycles. The highest BCUT2D eigenvalue weighted by Crippen LogP contribution is 1.98. The largest absolute Gasteiger partial charge is 0.480 e. The zero-order valence-electron chi connectivity index (χ0n) is 9.89. The molecule has 100 valence electrons. The number of aliphatic hydroxyl groups is 1. The van der Waals surface area contributed by atoms with Crippen molar-refractivity contribution in [2.45, 2.75) is 31.3 Å². The normalized spacial score (nSPS) is 14.1. The molecule has 0 rings (SSSR count). The third-order valence-corrected chi connectivity index (χ3v) is 2.23. The van der Waals surface area contributed by atoms with Crippen LogP contribution in [0, 0.1) is 0 Å². The molecule has 1 unspecified atom stereocenters. The molecular weight excluding hydrogens is 228 g/mol. The number of rotatable bonds is 9. The quantitative estimate of drug-likeness (QED) is 0.376. The Kier molecular flexibility index (Phi) is 8.29. The maximum absolute atomic E-state index is 11.5. The molecule has 17 heavy (non-hydrogen) atoms. The molecule has 1 amide bonds. The lowest BCUT2D eigenvalue weighted by Gasteiger charge is -2.16. The highest BCUT2D eigenvalue weighted by Gasteiger charge is 2.22. The lowest BCUT2D eigenvalue weighted by Crippen LogP contribution is -2.48. The Bertz CT molecular complexity index is 247. The predicted octanol–water partition coefficient (Wildman–Crippen LogP) is -1.31. The maximum atomic E-state index is 11.5. The number of carbonyl (C=O) groups is 2. The molecule has 7 nitrogen and oxygen atoms in total. The number of amides is 1. The van der Waals surface area contributed by atoms with Crippen molar-refractivity contribution < 1.29 is 24.5 Å². The summed E-state index contributed by atoms with van der Waals surface area (Å²) < 4.78 is 4.82. The second-order valence-electron chi connectivity index (χ2n) is 3.65. The second kappa shape index (κ2) is 8.91. The fourth-order valence-electron chi connectivity index (χ4n) is 1.24. The Hall–Kier alpha value is -1.18. The molecule has 0 spiro atoms. The van der Waals surface area contributed by atoms with E-state index in [1.165, 1.54) is 0 Å². The molecule has 7 heteroatoms. The van der Waals surface area contributed by atoms with Crippen LogP contribution in [0.25, 0.3) is 0 Å². The van der Waals surface area contributed by atoms with Gasteiger partial charge in [-0.2, -0.15) is 0 Å². The van der Waals surface area contributed by atoms with E-state index in [1.807, 2.05) is 0 Å². The molecule has 0 aromatic rings. The first-order valence-corrected chi connectivity index (χ1v) is 5.41. The van der Waals surface area contributed by atoms with Gasteiger partial charge >= 0.3 is 5.97 Å². The number of methoxy groups -OCH3 is 1. The minimum absolute atomic E-state index is 0.0358. The Labute approximate surface area is 99.9 Å². The van der Waals surface area contributed by atoms with E-state index in [0.717, 1.165) is 0 Å². The maximum Gasteiger partial charge on any atom is 0.326 e. The Morgan fingerprint density at radius 2 is 2.06 bits per heavy atom. The number of aliphatic hydroxyl groups excluding tert-OH is 1. The standard InChI is InChI=1S/C10H20N2O5/c1-17-6-2-3-7(11)9(14)12-8(4-5-13)10(15)16/h7-8,13H,2-6,11H2,1H3,(H,12,14)(H,15,16)/t7?,8-/m0/s1. The van der Waals surface area contributed by atoms with Crippen LogP contribution in [0.5, 0.6) is 0 Å². The minimum Gasteiger partial charge on any atom is -0.480 e. The van der Waals surface area contributed by atoms with Crippen molar-refractivity contribution in [2.24, 2.45) is 5.73 Å². The average Bonchev–Trinajstić information content (AvgIpc) is 2.28. The highest BCUT2D eigenvalue weighted by atomic mass is 16.5. The summed E-state index contributed by atoms with van der Waals surface area (Å²) in [5.41, 5.74) is 5.58. The van der Waals surface area contributed by atoms with Crippen molar-refractivity contribution >= 4 is 11.9 Å². The molecule has 0 bridgehead atoms. The van der Waals surface area contributed by atoms with Crippen LogP contribution in [0.1, 0.15) is 19.3 Å². The van der Waals surface area contributed by atoms with Gasteiger partial charge in [-0.1, -0.05) is 0 Å². The Balaban J connectivity index is 4.06. The van der Waals surface area contributed by atoms with E-state index in [-0.39, 0.29) is 13.0 Å². The van der Waals surface area contributed by atoms with Gasteiger partial charge in [0.05, 0.1) is 6.04 Å². The van der Waals surface area contributed by atoms with E-state index in [4.69, 9.17) is 20.7 Å². The fraction of sp³-hybridized carbons (Fsp3) is 0.800. The number of nitrogens with two attached hydrogens (primary N) is 1. The van der Waals surface area contributed by atoms with E-state index in [0.29, 0.717) is 19.4 Å². The number of carboxylic acid groups (broad SMARTS) is 1. The molecular formula is C10H20N2O5. The molecule has 0 saturated heterocycles. The predicted molar refractivity (Wildman–Crippen MR) is 60.4 cm³/mol. The smallest absolute Gasteiger partial charge is 0.326 e. The first kappa shape index (κ1) is 15.8. The number of ether oxygens (including phenoxy) is 1. The molecule has 5 N–H and O–H groups in total. The molecule has 0 heterocycles. The number of nitrogens with one attached hydrogen (secondary N) is 1. The van der Waals surface area contributed by atoms with Crippen molar-refractivity contribution in [3.63, 3.8) is 0 Å². The number of hydrogen-bond donors (Lipinski definition) is 4. The van der Waals surface area contributed by atoms with Gasteiger partial charge in [-0.3, -0.25) is 4.79 Å². The third-order valence-electron chi connectivity index (χ3n) is 2.23. The van der Waals surface area contributed by atoms with Crippen LogP contribution in [0.4, 0.5) is 0 Å². The van der Waals surface area contributed by atoms with Crippen molar-refractivity contribution in [3.05, 3.63) is 0 Å². The van der Waals surface area contributed by atoms with Crippen LogP contribution in [-0.4, -0.2) is 54.5 Å². The Morgan fingerprint density at radius 3 is 2.53 bits per heavy atom. The average molecular weight is 248 g/mol. The molecule has 0 aliphatic carbocycles. The molecule has 0 aromatic heterocycles. The van der Waals surface area contributed by atoms with Gasteiger partial charge in [0.2, 0.25) is 5.91 Å². The lowest BCUT2D eigenvalue weighted by molar-refractivity contribution is -0.142. The zero-order chi connectivity index (χ0) is 13.3. The Morgan fingerprint density at radius 1 is 1.41 bits per heavy atom. The van der Waals surface area contributed by atoms with Crippen LogP contribution in [-0.2, 0) is 14.3 Å². The van der Waals surface area contributed by atoms with E-state index < -0.39 is 24.0 Å². The van der Waals surface area contributed by atoms with E-state index in [1.54, 1.807) is 7.11 Å². The first-order chi connectivity index (χ1) is 8.02. The fourth-order valence-corrected chi connectivity index (χ4v) is 1.24. The van der Waals surface area contributed by atoms with Gasteiger partial charge in [0.15, 0.2) is 0 Å². The van der Waals surface area contributed by atoms with Gasteiger partial charge < -0.3 is 26.0 Å². The summed E-state index contributed by atoms with van der Waals surface area (Å²) >= 11 is 0. The number of aliphatic carboxylic acids is 1. The number of carbonyl (C=O) groups excluding carboxylic acids is 1. The molecule has 0 fully saturated rings. The first-order valence-electron chi connectivity index (χ1n) is 5.41. The van der Waals surface area contributed by atoms with Crippen molar-refractivity contribution in [2.75, 3.05) is 20.3 Å². The van der Waals surface area contributed by atoms with Gasteiger partial charge in [-0.15, -0.1) is 0 Å². The van der Waals surface area contributed by atoms with E-state index in [9.17, 15) is 9.59 Å². The van der Waals surface area contributed by atoms with Gasteiger partial charge in [-0.05, 0) is 12.8 Å². The minimum atomic E-state index is -1.18. The third kappa shape index (κ3) is 6.88. The van der Waals surface area contributed by atoms with Gasteiger partial charge in [0.1, 0.15) is 6.04 Å². The van der Waals surface area contributed by atoms with Gasteiger partial charge in [0, 0.05) is 26.7 Å². The van der Waals surface area contributed by atoms with Gasteiger partial charge in [-0.25, -0.2) is 4.79 Å². The molecule has 0 aliphatic rings. The summed E-state index contributed by atoms with van der Waals surface area (Å²) in [6, 6.07) is -1.85. The SMILES string of the molecule is COCCCC(N)C(=O)N[C@@H](CCO)C(=O)O. The van der Waals surface area contributed by atoms with Crippen LogP contribution >= 0.6 is 0 Å². The van der Waals surface area contributed by atoms with Crippen molar-refractivity contribution in [1.29, 1.82) is 0 Å². The lowest BCUT2D eigenvalue weighted by atomic mass is 10.1. The highest BCUT2D eigenvalue weighted by molar-refractivity contribution is 5.86. The summed E-state index contributed by atoms with van der Waals surface area (Å²) in [6.45, 7) is 0.191. The summed E-state index contributed by atoms with van der Waals surface area (Å²) in [6.07, 6.45) is 1.01. The van der Waals surface area contributed by atoms with Crippen molar-refractivity contribution in [3.8, 4) is 0 Å². The van der Waals surface area contributed by atoms with Crippen molar-refractivity contribution in [1.82, 2.24) is 5.32 Å². The monoisotopic (exact) mass is 248 g/mol. The second-order valence-corrected chi connectivity index (χ2v) is 3.65. The summed E-state index contributed by atoms with van der Waals surface area (Å²) in [4.78, 5) is 22.2. The molecule has 0 radical (unpaired) electrons. The van der Waals surface area contributed by atoms with E-state index >= 15 is 0 Å². The topological polar surface area (TPSA) is 122 Å². The van der Waals surface area contributed by atoms with Crippen LogP contribution in [0.3, 0.4) is 0 Å². The molecule has 0 saturated carbocycles.